The molecule has 0 atom stereocenters. The smallest absolute Gasteiger partial charge is 0.143 e. The van der Waals surface area contributed by atoms with Crippen LogP contribution < -0.4 is 0 Å². The second-order valence-corrected chi connectivity index (χ2v) is 29.3. The number of fused-ring (bicyclic) bond motifs is 5. The Morgan fingerprint density at radius 1 is 0.206 bits per heavy atom. The summed E-state index contributed by atoms with van der Waals surface area (Å²) in [6.45, 7) is 0. The lowest BCUT2D eigenvalue weighted by Gasteiger charge is -2.34. The molecular formula is C105H68O2. The Morgan fingerprint density at radius 2 is 0.514 bits per heavy atom. The molecule has 3 aliphatic rings. The van der Waals surface area contributed by atoms with Gasteiger partial charge in [0.05, 0.1) is 10.8 Å². The normalized spacial score (nSPS) is 13.6. The summed E-state index contributed by atoms with van der Waals surface area (Å²) < 4.78 is 13.7. The second kappa shape index (κ2) is 24.1. The molecule has 2 aromatic heterocycles. The molecule has 0 fully saturated rings. The molecule has 0 aliphatic heterocycles. The molecule has 23 rings (SSSR count). The summed E-state index contributed by atoms with van der Waals surface area (Å²) in [7, 11) is 0. The van der Waals surface area contributed by atoms with E-state index in [1.165, 1.54) is 184 Å². The Balaban J connectivity index is 0.000000133. The molecule has 3 aliphatic carbocycles. The third-order valence-electron chi connectivity index (χ3n) is 24.0. The first-order valence-corrected chi connectivity index (χ1v) is 37.6. The fourth-order valence-electron chi connectivity index (χ4n) is 19.7. The summed E-state index contributed by atoms with van der Waals surface area (Å²) in [6, 6.07) is 138. The average molecular weight is 1360 g/mol. The molecule has 0 spiro atoms. The molecule has 500 valence electrons. The van der Waals surface area contributed by atoms with Gasteiger partial charge < -0.3 is 8.83 Å². The van der Waals surface area contributed by atoms with Crippen molar-refractivity contribution < 1.29 is 8.83 Å². The Morgan fingerprint density at radius 3 is 0.944 bits per heavy atom. The van der Waals surface area contributed by atoms with Gasteiger partial charge in [-0.15, -0.1) is 0 Å². The first-order chi connectivity index (χ1) is 53.1. The number of hydrogen-bond donors (Lipinski definition) is 0. The van der Waals surface area contributed by atoms with Gasteiger partial charge in [-0.3, -0.25) is 0 Å². The zero-order valence-corrected chi connectivity index (χ0v) is 58.7. The molecule has 107 heavy (non-hydrogen) atoms. The van der Waals surface area contributed by atoms with Gasteiger partial charge in [0, 0.05) is 32.7 Å². The van der Waals surface area contributed by atoms with E-state index in [9.17, 15) is 0 Å². The first kappa shape index (κ1) is 61.1. The van der Waals surface area contributed by atoms with Crippen molar-refractivity contribution in [3.8, 4) is 66.8 Å². The van der Waals surface area contributed by atoms with Gasteiger partial charge in [-0.25, -0.2) is 0 Å². The number of benzene rings is 18. The van der Waals surface area contributed by atoms with Crippen LogP contribution in [0, 0.1) is 0 Å². The molecule has 2 heterocycles. The van der Waals surface area contributed by atoms with Crippen molar-refractivity contribution in [3.05, 3.63) is 432 Å². The standard InChI is InChI=1S/C54H36O.C51H32O/c1-3-15-39(16-4-1)54(40-17-5-2-6-18-40)46-23-12-24-48-51(46)52-47(54)32-31-41(53(52)55-48)35-26-28-36(29-27-35)49-42-19-7-9-21-44(42)50(45-22-10-8-20-43(45)49)38-30-25-34-13-11-14-37(34)33-38;1-4-16-33(17-5-1)46-39-24-10-12-26-41(39)47(42-27-13-11-25-40(42)46)35-19-14-18-34(32-35)38-30-31-44-49-48-43(28-15-29-45(48)52-50(38)49)51(44,36-20-6-2-7-21-36)37-22-8-3-9-23-37/h1-10,12,15-33H,11,13-14H2;1-32H. The fraction of sp³-hybridized carbons (Fsp3) is 0.0476. The van der Waals surface area contributed by atoms with E-state index in [0.29, 0.717) is 0 Å². The highest BCUT2D eigenvalue weighted by Crippen LogP contribution is 2.60. The molecule has 0 bridgehead atoms. The molecule has 20 aromatic rings. The highest BCUT2D eigenvalue weighted by Gasteiger charge is 2.48. The van der Waals surface area contributed by atoms with Crippen molar-refractivity contribution in [1.29, 1.82) is 0 Å². The van der Waals surface area contributed by atoms with Crippen molar-refractivity contribution in [3.63, 3.8) is 0 Å². The van der Waals surface area contributed by atoms with Crippen LogP contribution >= 0.6 is 0 Å². The van der Waals surface area contributed by atoms with Crippen LogP contribution in [0.3, 0.4) is 0 Å². The Kier molecular flexibility index (Phi) is 13.8. The van der Waals surface area contributed by atoms with E-state index >= 15 is 0 Å². The number of aryl methyl sites for hydroxylation is 2. The van der Waals surface area contributed by atoms with Crippen LogP contribution in [-0.2, 0) is 23.7 Å². The molecule has 2 nitrogen and oxygen atoms in total. The minimum absolute atomic E-state index is 0.432. The molecule has 0 amide bonds. The van der Waals surface area contributed by atoms with E-state index in [1.807, 2.05) is 0 Å². The van der Waals surface area contributed by atoms with E-state index in [2.05, 4.69) is 376 Å². The summed E-state index contributed by atoms with van der Waals surface area (Å²) in [6.07, 6.45) is 3.63. The van der Waals surface area contributed by atoms with Gasteiger partial charge in [-0.2, -0.15) is 0 Å². The van der Waals surface area contributed by atoms with Crippen LogP contribution in [0.25, 0.3) is 154 Å². The van der Waals surface area contributed by atoms with Crippen molar-refractivity contribution in [1.82, 2.24) is 0 Å². The summed E-state index contributed by atoms with van der Waals surface area (Å²) in [5.74, 6) is 0. The van der Waals surface area contributed by atoms with Crippen LogP contribution in [0.1, 0.15) is 62.1 Å². The van der Waals surface area contributed by atoms with Crippen molar-refractivity contribution >= 4 is 87.0 Å². The van der Waals surface area contributed by atoms with Crippen LogP contribution in [0.2, 0.25) is 0 Å². The van der Waals surface area contributed by atoms with E-state index in [0.717, 1.165) is 44.6 Å². The maximum atomic E-state index is 6.88. The summed E-state index contributed by atoms with van der Waals surface area (Å²) in [5, 5.41) is 15.0. The number of rotatable bonds is 10. The van der Waals surface area contributed by atoms with Gasteiger partial charge in [0.25, 0.3) is 0 Å². The third-order valence-corrected chi connectivity index (χ3v) is 24.0. The zero-order chi connectivity index (χ0) is 70.3. The Hall–Kier alpha value is -13.4. The minimum atomic E-state index is -0.444. The van der Waals surface area contributed by atoms with Crippen LogP contribution in [0.4, 0.5) is 0 Å². The topological polar surface area (TPSA) is 26.3 Å². The van der Waals surface area contributed by atoms with E-state index in [4.69, 9.17) is 8.83 Å². The zero-order valence-electron chi connectivity index (χ0n) is 58.7. The first-order valence-electron chi connectivity index (χ1n) is 37.6. The van der Waals surface area contributed by atoms with Gasteiger partial charge in [-0.05, 0) is 192 Å². The Bertz CT molecular complexity index is 6790. The molecule has 0 saturated carbocycles. The monoisotopic (exact) mass is 1360 g/mol. The highest BCUT2D eigenvalue weighted by molar-refractivity contribution is 6.24. The van der Waals surface area contributed by atoms with Crippen LogP contribution in [0.15, 0.2) is 385 Å². The van der Waals surface area contributed by atoms with Gasteiger partial charge in [-0.1, -0.05) is 358 Å². The van der Waals surface area contributed by atoms with Crippen molar-refractivity contribution in [2.45, 2.75) is 30.1 Å². The Labute approximate surface area is 620 Å². The van der Waals surface area contributed by atoms with Gasteiger partial charge >= 0.3 is 0 Å². The van der Waals surface area contributed by atoms with Crippen molar-refractivity contribution in [2.75, 3.05) is 0 Å². The van der Waals surface area contributed by atoms with Gasteiger partial charge in [0.15, 0.2) is 0 Å². The van der Waals surface area contributed by atoms with E-state index in [-0.39, 0.29) is 0 Å². The molecule has 2 heteroatoms. The minimum Gasteiger partial charge on any atom is -0.455 e. The predicted octanol–water partition coefficient (Wildman–Crippen LogP) is 27.7. The van der Waals surface area contributed by atoms with Crippen LogP contribution in [-0.4, -0.2) is 0 Å². The average Bonchev–Trinajstić information content (AvgIpc) is 1.52. The maximum absolute atomic E-state index is 6.88. The van der Waals surface area contributed by atoms with E-state index < -0.39 is 10.8 Å². The fourth-order valence-corrected chi connectivity index (χ4v) is 19.7. The number of hydrogen-bond acceptors (Lipinski definition) is 2. The molecule has 0 radical (unpaired) electrons. The molecule has 0 saturated heterocycles. The summed E-state index contributed by atoms with van der Waals surface area (Å²) in [4.78, 5) is 0. The van der Waals surface area contributed by atoms with Gasteiger partial charge in [0.2, 0.25) is 0 Å². The van der Waals surface area contributed by atoms with Gasteiger partial charge in [0.1, 0.15) is 22.3 Å². The molecular weight excluding hydrogens is 1290 g/mol. The van der Waals surface area contributed by atoms with E-state index in [1.54, 1.807) is 0 Å². The quantitative estimate of drug-likeness (QED) is 0.128. The summed E-state index contributed by atoms with van der Waals surface area (Å²) >= 11 is 0. The lowest BCUT2D eigenvalue weighted by atomic mass is 9.67. The third kappa shape index (κ3) is 8.94. The maximum Gasteiger partial charge on any atom is 0.143 e. The number of furan rings is 2. The molecule has 0 unspecified atom stereocenters. The van der Waals surface area contributed by atoms with Crippen molar-refractivity contribution in [2.24, 2.45) is 0 Å². The lowest BCUT2D eigenvalue weighted by molar-refractivity contribution is 0.664. The summed E-state index contributed by atoms with van der Waals surface area (Å²) in [5.41, 5.74) is 30.7. The second-order valence-electron chi connectivity index (χ2n) is 29.3. The predicted molar refractivity (Wildman–Crippen MR) is 446 cm³/mol. The molecule has 0 N–H and O–H groups in total. The largest absolute Gasteiger partial charge is 0.455 e. The molecule has 18 aromatic carbocycles. The SMILES string of the molecule is c1ccc(-c2c3ccccc3c(-c3cccc(-c4ccc5c6c4oc4cccc(c46)C5(c4ccccc4)c4ccccc4)c3)c3ccccc23)cc1.c1ccc(C2(c3ccccc3)c3cccc4oc5c(-c6ccc(-c7c8ccccc8c(-c8ccc9c(c8)CCC9)c8ccccc78)cc6)ccc2c5c34)cc1. The highest BCUT2D eigenvalue weighted by atomic mass is 16.3. The lowest BCUT2D eigenvalue weighted by Crippen LogP contribution is -2.28. The van der Waals surface area contributed by atoms with Crippen LogP contribution in [0.5, 0.6) is 0 Å².